The molecule has 0 radical (unpaired) electrons. The highest BCUT2D eigenvalue weighted by molar-refractivity contribution is 5.62. The van der Waals surface area contributed by atoms with Gasteiger partial charge in [-0.1, -0.05) is 0 Å². The molecule has 3 N–H and O–H groups in total. The van der Waals surface area contributed by atoms with Gasteiger partial charge in [0.2, 0.25) is 0 Å². The molecule has 0 amide bonds. The summed E-state index contributed by atoms with van der Waals surface area (Å²) < 4.78 is 0. The molecule has 0 spiro atoms. The van der Waals surface area contributed by atoms with E-state index in [9.17, 15) is 0 Å². The maximum atomic E-state index is 9.00. The van der Waals surface area contributed by atoms with Crippen molar-refractivity contribution in [3.63, 3.8) is 0 Å². The van der Waals surface area contributed by atoms with E-state index in [1.54, 1.807) is 0 Å². The Kier molecular flexibility index (Phi) is 12.0. The number of aliphatic carboxylic acids is 1. The highest BCUT2D eigenvalue weighted by atomic mass is 16.4. The second-order valence-corrected chi connectivity index (χ2v) is 2.27. The topological polar surface area (TPSA) is 81.0 Å². The number of hydrogen-bond acceptors (Lipinski definition) is 4. The molecule has 0 aliphatic carbocycles. The molecule has 5 heteroatoms. The Morgan fingerprint density at radius 3 is 1.67 bits per heavy atom. The largest absolute Gasteiger partial charge is 0.481 e. The number of carboxylic acid groups (broad SMARTS) is 1. The molecule has 0 aliphatic heterocycles. The van der Waals surface area contributed by atoms with Crippen LogP contribution in [0.25, 0.3) is 0 Å². The second kappa shape index (κ2) is 10.3. The summed E-state index contributed by atoms with van der Waals surface area (Å²) in [4.78, 5) is 10.9. The van der Waals surface area contributed by atoms with E-state index in [4.69, 9.17) is 20.1 Å². The molecule has 0 fully saturated rings. The van der Waals surface area contributed by atoms with Gasteiger partial charge in [0.1, 0.15) is 0 Å². The number of nitrogens with zero attached hydrogens (tertiary/aromatic N) is 1. The predicted molar refractivity (Wildman–Crippen MR) is 45.0 cm³/mol. The Morgan fingerprint density at radius 2 is 1.50 bits per heavy atom. The molecule has 0 unspecified atom stereocenters. The molecule has 12 heavy (non-hydrogen) atoms. The highest BCUT2D eigenvalue weighted by Gasteiger charge is 1.91. The van der Waals surface area contributed by atoms with E-state index in [0.717, 1.165) is 6.92 Å². The van der Waals surface area contributed by atoms with Gasteiger partial charge < -0.3 is 20.2 Å². The fraction of sp³-hybridized carbons (Fsp3) is 0.857. The van der Waals surface area contributed by atoms with Crippen LogP contribution in [0.1, 0.15) is 6.92 Å². The van der Waals surface area contributed by atoms with Crippen LogP contribution in [0.5, 0.6) is 0 Å². The van der Waals surface area contributed by atoms with E-state index in [0.29, 0.717) is 13.1 Å². The fourth-order valence-electron chi connectivity index (χ4n) is 0.453. The summed E-state index contributed by atoms with van der Waals surface area (Å²) in [6, 6.07) is 0. The van der Waals surface area contributed by atoms with Gasteiger partial charge in [0.15, 0.2) is 0 Å². The van der Waals surface area contributed by atoms with Gasteiger partial charge in [-0.2, -0.15) is 0 Å². The first-order valence-electron chi connectivity index (χ1n) is 3.64. The monoisotopic (exact) mass is 179 g/mol. The minimum absolute atomic E-state index is 0.163. The average molecular weight is 179 g/mol. The van der Waals surface area contributed by atoms with E-state index in [-0.39, 0.29) is 13.2 Å². The first-order chi connectivity index (χ1) is 5.54. The lowest BCUT2D eigenvalue weighted by Gasteiger charge is -2.11. The van der Waals surface area contributed by atoms with Gasteiger partial charge in [-0.25, -0.2) is 0 Å². The third-order valence-corrected chi connectivity index (χ3v) is 0.963. The summed E-state index contributed by atoms with van der Waals surface area (Å²) in [6.07, 6.45) is 0. The molecule has 5 nitrogen and oxygen atoms in total. The lowest BCUT2D eigenvalue weighted by molar-refractivity contribution is -0.134. The number of carbonyl (C=O) groups is 1. The summed E-state index contributed by atoms with van der Waals surface area (Å²) >= 11 is 0. The number of aliphatic hydroxyl groups is 2. The van der Waals surface area contributed by atoms with E-state index < -0.39 is 5.97 Å². The zero-order chi connectivity index (χ0) is 9.98. The number of likely N-dealkylation sites (N-methyl/N-ethyl adjacent to an activating group) is 1. The summed E-state index contributed by atoms with van der Waals surface area (Å²) in [5.41, 5.74) is 0. The Bertz CT molecular complexity index is 97.6. The highest BCUT2D eigenvalue weighted by Crippen LogP contribution is 1.76. The van der Waals surface area contributed by atoms with Crippen molar-refractivity contribution in [1.29, 1.82) is 0 Å². The van der Waals surface area contributed by atoms with Crippen LogP contribution in [-0.2, 0) is 4.79 Å². The SMILES string of the molecule is CC(=O)O.CN(CCO)CCO. The molecule has 0 atom stereocenters. The molecule has 0 aromatic rings. The minimum atomic E-state index is -0.833. The Balaban J connectivity index is 0. The van der Waals surface area contributed by atoms with Crippen LogP contribution in [0.3, 0.4) is 0 Å². The number of rotatable bonds is 4. The molecule has 0 aromatic carbocycles. The van der Waals surface area contributed by atoms with Gasteiger partial charge in [0, 0.05) is 20.0 Å². The Hall–Kier alpha value is -0.650. The quantitative estimate of drug-likeness (QED) is 0.515. The van der Waals surface area contributed by atoms with Crippen LogP contribution in [0, 0.1) is 0 Å². The predicted octanol–water partition coefficient (Wildman–Crippen LogP) is -1.01. The van der Waals surface area contributed by atoms with Crippen molar-refractivity contribution in [3.8, 4) is 0 Å². The smallest absolute Gasteiger partial charge is 0.300 e. The molecule has 0 saturated heterocycles. The van der Waals surface area contributed by atoms with E-state index >= 15 is 0 Å². The molecule has 0 bridgehead atoms. The van der Waals surface area contributed by atoms with Crippen LogP contribution in [-0.4, -0.2) is 59.5 Å². The molecule has 74 valence electrons. The van der Waals surface area contributed by atoms with E-state index in [1.165, 1.54) is 0 Å². The zero-order valence-electron chi connectivity index (χ0n) is 7.53. The van der Waals surface area contributed by atoms with Crippen molar-refractivity contribution >= 4 is 5.97 Å². The van der Waals surface area contributed by atoms with Crippen LogP contribution in [0.15, 0.2) is 0 Å². The fourth-order valence-corrected chi connectivity index (χ4v) is 0.453. The van der Waals surface area contributed by atoms with Gasteiger partial charge in [0.25, 0.3) is 5.97 Å². The van der Waals surface area contributed by atoms with E-state index in [2.05, 4.69) is 0 Å². The molecule has 0 aromatic heterocycles. The molecule has 0 rings (SSSR count). The molecule has 0 aliphatic rings. The maximum absolute atomic E-state index is 9.00. The molecule has 0 heterocycles. The number of carboxylic acids is 1. The lowest BCUT2D eigenvalue weighted by atomic mass is 10.5. The second-order valence-electron chi connectivity index (χ2n) is 2.27. The van der Waals surface area contributed by atoms with Crippen LogP contribution >= 0.6 is 0 Å². The first-order valence-corrected chi connectivity index (χ1v) is 3.64. The van der Waals surface area contributed by atoms with Crippen LogP contribution < -0.4 is 0 Å². The Morgan fingerprint density at radius 1 is 1.25 bits per heavy atom. The zero-order valence-corrected chi connectivity index (χ0v) is 7.53. The third kappa shape index (κ3) is 22.8. The van der Waals surface area contributed by atoms with Crippen LogP contribution in [0.4, 0.5) is 0 Å². The van der Waals surface area contributed by atoms with Crippen LogP contribution in [0.2, 0.25) is 0 Å². The average Bonchev–Trinajstić information content (AvgIpc) is 1.87. The van der Waals surface area contributed by atoms with Gasteiger partial charge >= 0.3 is 0 Å². The summed E-state index contributed by atoms with van der Waals surface area (Å²) in [7, 11) is 1.85. The number of hydrogen-bond donors (Lipinski definition) is 3. The molecular weight excluding hydrogens is 162 g/mol. The van der Waals surface area contributed by atoms with Gasteiger partial charge in [-0.3, -0.25) is 4.79 Å². The van der Waals surface area contributed by atoms with Crippen molar-refractivity contribution < 1.29 is 20.1 Å². The summed E-state index contributed by atoms with van der Waals surface area (Å²) in [5, 5.41) is 24.1. The molecular formula is C7H17NO4. The van der Waals surface area contributed by atoms with Gasteiger partial charge in [-0.05, 0) is 7.05 Å². The van der Waals surface area contributed by atoms with Crippen molar-refractivity contribution in [1.82, 2.24) is 4.90 Å². The summed E-state index contributed by atoms with van der Waals surface area (Å²) in [6.45, 7) is 2.69. The van der Waals surface area contributed by atoms with Crippen molar-refractivity contribution in [2.45, 2.75) is 6.92 Å². The normalized spacial score (nSPS) is 9.08. The maximum Gasteiger partial charge on any atom is 0.300 e. The Labute approximate surface area is 72.2 Å². The first kappa shape index (κ1) is 13.9. The van der Waals surface area contributed by atoms with Crippen molar-refractivity contribution in [2.24, 2.45) is 0 Å². The summed E-state index contributed by atoms with van der Waals surface area (Å²) in [5.74, 6) is -0.833. The van der Waals surface area contributed by atoms with Gasteiger partial charge in [0.05, 0.1) is 13.2 Å². The third-order valence-electron chi connectivity index (χ3n) is 0.963. The van der Waals surface area contributed by atoms with Gasteiger partial charge in [-0.15, -0.1) is 0 Å². The van der Waals surface area contributed by atoms with Crippen molar-refractivity contribution in [3.05, 3.63) is 0 Å². The lowest BCUT2D eigenvalue weighted by Crippen LogP contribution is -2.25. The standard InChI is InChI=1S/C5H13NO2.C2H4O2/c1-6(2-4-7)3-5-8;1-2(3)4/h7-8H,2-5H2,1H3;1H3,(H,3,4). The van der Waals surface area contributed by atoms with E-state index in [1.807, 2.05) is 11.9 Å². The number of aliphatic hydroxyl groups excluding tert-OH is 2. The molecule has 0 saturated carbocycles. The van der Waals surface area contributed by atoms with Crippen molar-refractivity contribution in [2.75, 3.05) is 33.4 Å². The minimum Gasteiger partial charge on any atom is -0.481 e.